The Morgan fingerprint density at radius 1 is 1.26 bits per heavy atom. The van der Waals surface area contributed by atoms with E-state index in [1.807, 2.05) is 30.3 Å². The number of benzene rings is 1. The van der Waals surface area contributed by atoms with Gasteiger partial charge < -0.3 is 15.4 Å². The second kappa shape index (κ2) is 4.66. The lowest BCUT2D eigenvalue weighted by Crippen LogP contribution is -2.56. The Morgan fingerprint density at radius 2 is 1.95 bits per heavy atom. The highest BCUT2D eigenvalue weighted by Gasteiger charge is 2.49. The Kier molecular flexibility index (Phi) is 2.98. The molecule has 2 aliphatic heterocycles. The van der Waals surface area contributed by atoms with E-state index in [2.05, 4.69) is 4.99 Å². The molecule has 2 amide bonds. The van der Waals surface area contributed by atoms with Crippen molar-refractivity contribution >= 4 is 11.9 Å². The predicted molar refractivity (Wildman–Crippen MR) is 71.8 cm³/mol. The molecule has 100 valence electrons. The van der Waals surface area contributed by atoms with Gasteiger partial charge in [-0.25, -0.2) is 4.79 Å². The summed E-state index contributed by atoms with van der Waals surface area (Å²) in [4.78, 5) is 17.8. The van der Waals surface area contributed by atoms with Crippen molar-refractivity contribution in [2.24, 2.45) is 10.7 Å². The van der Waals surface area contributed by atoms with E-state index in [0.717, 1.165) is 18.4 Å². The van der Waals surface area contributed by atoms with Crippen LogP contribution in [0.25, 0.3) is 0 Å². The van der Waals surface area contributed by atoms with Gasteiger partial charge in [0.2, 0.25) is 0 Å². The van der Waals surface area contributed by atoms with Crippen molar-refractivity contribution in [2.45, 2.75) is 24.9 Å². The predicted octanol–water partition coefficient (Wildman–Crippen LogP) is 1.53. The average Bonchev–Trinajstić information content (AvgIpc) is 2.66. The monoisotopic (exact) mass is 259 g/mol. The molecule has 1 fully saturated rings. The maximum atomic E-state index is 12.1. The minimum absolute atomic E-state index is 0.233. The Balaban J connectivity index is 1.88. The van der Waals surface area contributed by atoms with Gasteiger partial charge in [0.25, 0.3) is 0 Å². The fourth-order valence-electron chi connectivity index (χ4n) is 2.81. The van der Waals surface area contributed by atoms with Gasteiger partial charge in [-0.1, -0.05) is 30.3 Å². The van der Waals surface area contributed by atoms with Crippen molar-refractivity contribution in [3.05, 3.63) is 35.9 Å². The molecule has 3 rings (SSSR count). The fourth-order valence-corrected chi connectivity index (χ4v) is 2.81. The van der Waals surface area contributed by atoms with Gasteiger partial charge in [0, 0.05) is 32.6 Å². The molecule has 1 aromatic carbocycles. The molecule has 2 heterocycles. The zero-order valence-corrected chi connectivity index (χ0v) is 10.7. The highest BCUT2D eigenvalue weighted by molar-refractivity contribution is 6.05. The molecule has 0 radical (unpaired) electrons. The minimum Gasteiger partial charge on any atom is -0.385 e. The summed E-state index contributed by atoms with van der Waals surface area (Å²) < 4.78 is 5.39. The van der Waals surface area contributed by atoms with Crippen molar-refractivity contribution in [3.8, 4) is 0 Å². The van der Waals surface area contributed by atoms with Crippen LogP contribution in [0.2, 0.25) is 0 Å². The Morgan fingerprint density at radius 3 is 2.63 bits per heavy atom. The van der Waals surface area contributed by atoms with Gasteiger partial charge >= 0.3 is 6.03 Å². The molecule has 2 N–H and O–H groups in total. The summed E-state index contributed by atoms with van der Waals surface area (Å²) in [5.74, 6) is 0.441. The molecular weight excluding hydrogens is 242 g/mol. The third kappa shape index (κ3) is 2.00. The highest BCUT2D eigenvalue weighted by Crippen LogP contribution is 2.34. The zero-order chi connectivity index (χ0) is 13.3. The van der Waals surface area contributed by atoms with Crippen LogP contribution in [0.4, 0.5) is 4.79 Å². The van der Waals surface area contributed by atoms with E-state index in [1.54, 1.807) is 4.90 Å². The van der Waals surface area contributed by atoms with Crippen LogP contribution in [0.1, 0.15) is 18.4 Å². The smallest absolute Gasteiger partial charge is 0.346 e. The summed E-state index contributed by atoms with van der Waals surface area (Å²) in [5.41, 5.74) is 6.66. The molecule has 5 heteroatoms. The number of nitrogens with two attached hydrogens (primary N) is 1. The molecular formula is C14H17N3O2. The number of hydrogen-bond acceptors (Lipinski definition) is 3. The molecule has 1 spiro atoms. The van der Waals surface area contributed by atoms with Gasteiger partial charge in [-0.15, -0.1) is 0 Å². The number of carbonyl (C=O) groups is 1. The number of urea groups is 1. The number of ether oxygens (including phenoxy) is 1. The van der Waals surface area contributed by atoms with Crippen molar-refractivity contribution in [2.75, 3.05) is 13.2 Å². The quantitative estimate of drug-likeness (QED) is 0.875. The Bertz CT molecular complexity index is 507. The maximum absolute atomic E-state index is 12.1. The van der Waals surface area contributed by atoms with Crippen LogP contribution in [0.5, 0.6) is 0 Å². The van der Waals surface area contributed by atoms with Crippen LogP contribution in [-0.2, 0) is 11.3 Å². The normalized spacial score (nSPS) is 21.8. The van der Waals surface area contributed by atoms with Crippen molar-refractivity contribution in [1.29, 1.82) is 0 Å². The number of rotatable bonds is 2. The van der Waals surface area contributed by atoms with Crippen molar-refractivity contribution < 1.29 is 9.53 Å². The standard InChI is InChI=1S/C14H17N3O2/c15-12-14(6-8-19-9-7-14)17(13(18)16-12)10-11-4-2-1-3-5-11/h1-5H,6-10H2,(H2,15,16,18). The number of carbonyl (C=O) groups excluding carboxylic acids is 1. The van der Waals surface area contributed by atoms with E-state index in [1.165, 1.54) is 0 Å². The van der Waals surface area contributed by atoms with E-state index in [0.29, 0.717) is 25.6 Å². The van der Waals surface area contributed by atoms with Crippen LogP contribution in [0.3, 0.4) is 0 Å². The largest absolute Gasteiger partial charge is 0.385 e. The minimum atomic E-state index is -0.439. The lowest BCUT2D eigenvalue weighted by atomic mass is 9.87. The molecule has 0 atom stereocenters. The van der Waals surface area contributed by atoms with Crippen LogP contribution in [-0.4, -0.2) is 35.5 Å². The molecule has 0 bridgehead atoms. The molecule has 19 heavy (non-hydrogen) atoms. The summed E-state index contributed by atoms with van der Waals surface area (Å²) in [5, 5.41) is 0. The number of hydrogen-bond donors (Lipinski definition) is 1. The Labute approximate surface area is 112 Å². The molecule has 0 aliphatic carbocycles. The summed E-state index contributed by atoms with van der Waals surface area (Å²) in [7, 11) is 0. The third-order valence-electron chi connectivity index (χ3n) is 3.94. The molecule has 2 aliphatic rings. The third-order valence-corrected chi connectivity index (χ3v) is 3.94. The molecule has 1 saturated heterocycles. The van der Waals surface area contributed by atoms with E-state index in [4.69, 9.17) is 10.5 Å². The first-order valence-corrected chi connectivity index (χ1v) is 6.50. The maximum Gasteiger partial charge on any atom is 0.346 e. The topological polar surface area (TPSA) is 67.9 Å². The summed E-state index contributed by atoms with van der Waals surface area (Å²) in [6.45, 7) is 1.79. The van der Waals surface area contributed by atoms with Crippen LogP contribution >= 0.6 is 0 Å². The molecule has 0 saturated carbocycles. The molecule has 1 aromatic rings. The SMILES string of the molecule is NC1=NC(=O)N(Cc2ccccc2)C12CCOCC2. The number of amidine groups is 1. The van der Waals surface area contributed by atoms with Crippen LogP contribution in [0, 0.1) is 0 Å². The summed E-state index contributed by atoms with van der Waals surface area (Å²) >= 11 is 0. The van der Waals surface area contributed by atoms with E-state index in [9.17, 15) is 4.79 Å². The number of nitrogens with zero attached hydrogens (tertiary/aromatic N) is 2. The first kappa shape index (κ1) is 12.2. The second-order valence-electron chi connectivity index (χ2n) is 5.00. The zero-order valence-electron chi connectivity index (χ0n) is 10.7. The van der Waals surface area contributed by atoms with Crippen LogP contribution in [0.15, 0.2) is 35.3 Å². The molecule has 5 nitrogen and oxygen atoms in total. The number of amides is 2. The van der Waals surface area contributed by atoms with Gasteiger partial charge in [0.05, 0.1) is 0 Å². The first-order chi connectivity index (χ1) is 9.22. The van der Waals surface area contributed by atoms with Gasteiger partial charge in [0.1, 0.15) is 11.4 Å². The van der Waals surface area contributed by atoms with E-state index < -0.39 is 5.54 Å². The van der Waals surface area contributed by atoms with Gasteiger partial charge in [-0.05, 0) is 5.56 Å². The second-order valence-corrected chi connectivity index (χ2v) is 5.00. The van der Waals surface area contributed by atoms with Gasteiger partial charge in [-0.3, -0.25) is 0 Å². The number of aliphatic imine (C=N–C) groups is 1. The fraction of sp³-hybridized carbons (Fsp3) is 0.429. The van der Waals surface area contributed by atoms with Gasteiger partial charge in [-0.2, -0.15) is 4.99 Å². The highest BCUT2D eigenvalue weighted by atomic mass is 16.5. The van der Waals surface area contributed by atoms with Crippen molar-refractivity contribution in [1.82, 2.24) is 4.90 Å². The summed E-state index contributed by atoms with van der Waals surface area (Å²) in [6, 6.07) is 9.69. The average molecular weight is 259 g/mol. The van der Waals surface area contributed by atoms with Gasteiger partial charge in [0.15, 0.2) is 0 Å². The van der Waals surface area contributed by atoms with Crippen LogP contribution < -0.4 is 5.73 Å². The summed E-state index contributed by atoms with van der Waals surface area (Å²) in [6.07, 6.45) is 1.45. The first-order valence-electron chi connectivity index (χ1n) is 6.50. The Hall–Kier alpha value is -1.88. The molecule has 0 aromatic heterocycles. The lowest BCUT2D eigenvalue weighted by Gasteiger charge is -2.40. The molecule has 0 unspecified atom stereocenters. The van der Waals surface area contributed by atoms with Crippen molar-refractivity contribution in [3.63, 3.8) is 0 Å². The van der Waals surface area contributed by atoms with E-state index in [-0.39, 0.29) is 6.03 Å². The van der Waals surface area contributed by atoms with E-state index >= 15 is 0 Å². The lowest BCUT2D eigenvalue weighted by molar-refractivity contribution is 0.0254.